The molecule has 6 heteroatoms. The normalized spacial score (nSPS) is 20.9. The van der Waals surface area contributed by atoms with E-state index in [2.05, 4.69) is 10.1 Å². The van der Waals surface area contributed by atoms with Crippen LogP contribution in [-0.4, -0.2) is 38.7 Å². The van der Waals surface area contributed by atoms with Gasteiger partial charge in [-0.3, -0.25) is 4.79 Å². The average Bonchev–Trinajstić information content (AvgIpc) is 3.25. The lowest BCUT2D eigenvalue weighted by Crippen LogP contribution is -2.40. The van der Waals surface area contributed by atoms with Gasteiger partial charge in [0, 0.05) is 18.7 Å². The van der Waals surface area contributed by atoms with Crippen molar-refractivity contribution >= 4 is 5.91 Å². The minimum absolute atomic E-state index is 0.0968. The minimum Gasteiger partial charge on any atom is -0.372 e. The van der Waals surface area contributed by atoms with Crippen molar-refractivity contribution in [2.45, 2.75) is 32.1 Å². The molecule has 0 spiro atoms. The number of amides is 1. The van der Waals surface area contributed by atoms with Gasteiger partial charge in [0.05, 0.1) is 19.3 Å². The zero-order valence-corrected chi connectivity index (χ0v) is 12.3. The highest BCUT2D eigenvalue weighted by molar-refractivity contribution is 5.94. The molecule has 2 aliphatic heterocycles. The van der Waals surface area contributed by atoms with Gasteiger partial charge in [0.1, 0.15) is 12.7 Å². The van der Waals surface area contributed by atoms with Crippen LogP contribution in [0.25, 0.3) is 0 Å². The van der Waals surface area contributed by atoms with E-state index in [1.54, 1.807) is 12.7 Å². The molecule has 0 unspecified atom stereocenters. The van der Waals surface area contributed by atoms with Gasteiger partial charge in [-0.1, -0.05) is 6.07 Å². The first-order valence-corrected chi connectivity index (χ1v) is 7.64. The lowest BCUT2D eigenvalue weighted by Gasteiger charge is -2.32. The smallest absolute Gasteiger partial charge is 0.253 e. The van der Waals surface area contributed by atoms with Crippen molar-refractivity contribution in [2.75, 3.05) is 13.1 Å². The Labute approximate surface area is 128 Å². The zero-order chi connectivity index (χ0) is 14.9. The highest BCUT2D eigenvalue weighted by atomic mass is 16.5. The van der Waals surface area contributed by atoms with Gasteiger partial charge < -0.3 is 9.64 Å². The van der Waals surface area contributed by atoms with E-state index < -0.39 is 0 Å². The summed E-state index contributed by atoms with van der Waals surface area (Å²) in [6, 6.07) is 6.12. The predicted octanol–water partition coefficient (Wildman–Crippen LogP) is 1.79. The van der Waals surface area contributed by atoms with Crippen molar-refractivity contribution in [3.63, 3.8) is 0 Å². The topological polar surface area (TPSA) is 60.2 Å². The Kier molecular flexibility index (Phi) is 3.38. The largest absolute Gasteiger partial charge is 0.372 e. The number of nitrogens with zero attached hydrogens (tertiary/aromatic N) is 4. The molecule has 114 valence electrons. The number of piperidine rings is 1. The molecule has 1 atom stereocenters. The van der Waals surface area contributed by atoms with Crippen LogP contribution in [0.2, 0.25) is 0 Å². The van der Waals surface area contributed by atoms with Gasteiger partial charge in [-0.05, 0) is 36.1 Å². The molecule has 22 heavy (non-hydrogen) atoms. The van der Waals surface area contributed by atoms with Gasteiger partial charge in [0.15, 0.2) is 0 Å². The third-order valence-corrected chi connectivity index (χ3v) is 4.46. The van der Waals surface area contributed by atoms with Gasteiger partial charge in [-0.2, -0.15) is 5.10 Å². The number of carbonyl (C=O) groups excluding carboxylic acids is 1. The fourth-order valence-electron chi connectivity index (χ4n) is 3.25. The van der Waals surface area contributed by atoms with Crippen LogP contribution < -0.4 is 0 Å². The molecule has 2 aromatic rings. The Bertz CT molecular complexity index is 683. The summed E-state index contributed by atoms with van der Waals surface area (Å²) in [5.41, 5.74) is 3.08. The highest BCUT2D eigenvalue weighted by Crippen LogP contribution is 2.24. The third-order valence-electron chi connectivity index (χ3n) is 4.46. The fourth-order valence-corrected chi connectivity index (χ4v) is 3.25. The second kappa shape index (κ2) is 5.53. The number of likely N-dealkylation sites (tertiary alicyclic amines) is 1. The van der Waals surface area contributed by atoms with Gasteiger partial charge in [0.25, 0.3) is 5.91 Å². The molecule has 0 bridgehead atoms. The molecular formula is C16H18N4O2. The second-order valence-corrected chi connectivity index (χ2v) is 5.90. The molecule has 1 saturated heterocycles. The van der Waals surface area contributed by atoms with E-state index in [-0.39, 0.29) is 11.9 Å². The Morgan fingerprint density at radius 1 is 1.27 bits per heavy atom. The quantitative estimate of drug-likeness (QED) is 0.848. The van der Waals surface area contributed by atoms with Crippen LogP contribution in [0.5, 0.6) is 0 Å². The number of carbonyl (C=O) groups is 1. The Hall–Kier alpha value is -2.21. The maximum atomic E-state index is 12.8. The van der Waals surface area contributed by atoms with Crippen molar-refractivity contribution in [1.29, 1.82) is 0 Å². The van der Waals surface area contributed by atoms with Crippen LogP contribution in [0.4, 0.5) is 0 Å². The summed E-state index contributed by atoms with van der Waals surface area (Å²) in [5.74, 6) is 0.0968. The number of rotatable bonds is 2. The van der Waals surface area contributed by atoms with E-state index in [9.17, 15) is 4.79 Å². The van der Waals surface area contributed by atoms with Gasteiger partial charge in [-0.25, -0.2) is 9.67 Å². The van der Waals surface area contributed by atoms with E-state index in [1.807, 2.05) is 27.8 Å². The molecule has 0 N–H and O–H groups in total. The SMILES string of the molecule is O=C(c1ccc2c(c1)COC2)N1CCC[C@@H](n2cncn2)C1. The molecule has 4 rings (SSSR count). The summed E-state index contributed by atoms with van der Waals surface area (Å²) < 4.78 is 7.27. The van der Waals surface area contributed by atoms with Crippen LogP contribution in [0.15, 0.2) is 30.9 Å². The van der Waals surface area contributed by atoms with E-state index in [4.69, 9.17) is 4.74 Å². The van der Waals surface area contributed by atoms with Crippen LogP contribution in [0.1, 0.15) is 40.4 Å². The molecule has 0 aliphatic carbocycles. The van der Waals surface area contributed by atoms with Crippen molar-refractivity contribution in [3.05, 3.63) is 47.5 Å². The van der Waals surface area contributed by atoms with Crippen LogP contribution in [0, 0.1) is 0 Å². The van der Waals surface area contributed by atoms with E-state index in [1.165, 1.54) is 5.56 Å². The monoisotopic (exact) mass is 298 g/mol. The molecule has 2 aliphatic rings. The number of aromatic nitrogens is 3. The van der Waals surface area contributed by atoms with E-state index in [0.717, 1.165) is 30.5 Å². The van der Waals surface area contributed by atoms with Crippen molar-refractivity contribution in [2.24, 2.45) is 0 Å². The van der Waals surface area contributed by atoms with Crippen molar-refractivity contribution < 1.29 is 9.53 Å². The summed E-state index contributed by atoms with van der Waals surface area (Å²) in [6.45, 7) is 2.76. The summed E-state index contributed by atoms with van der Waals surface area (Å²) >= 11 is 0. The van der Waals surface area contributed by atoms with Gasteiger partial charge in [0.2, 0.25) is 0 Å². The second-order valence-electron chi connectivity index (χ2n) is 5.90. The number of hydrogen-bond donors (Lipinski definition) is 0. The minimum atomic E-state index is 0.0968. The Balaban J connectivity index is 1.52. The molecule has 6 nitrogen and oxygen atoms in total. The first kappa shape index (κ1) is 13.5. The maximum absolute atomic E-state index is 12.8. The molecule has 3 heterocycles. The summed E-state index contributed by atoms with van der Waals surface area (Å²) in [5, 5.41) is 4.20. The van der Waals surface area contributed by atoms with E-state index in [0.29, 0.717) is 19.8 Å². The Morgan fingerprint density at radius 2 is 2.18 bits per heavy atom. The van der Waals surface area contributed by atoms with Crippen molar-refractivity contribution in [1.82, 2.24) is 19.7 Å². The lowest BCUT2D eigenvalue weighted by molar-refractivity contribution is 0.0672. The third kappa shape index (κ3) is 2.39. The summed E-state index contributed by atoms with van der Waals surface area (Å²) in [7, 11) is 0. The number of hydrogen-bond acceptors (Lipinski definition) is 4. The Morgan fingerprint density at radius 3 is 3.05 bits per heavy atom. The molecular weight excluding hydrogens is 280 g/mol. The fraction of sp³-hybridized carbons (Fsp3) is 0.438. The lowest BCUT2D eigenvalue weighted by atomic mass is 10.0. The molecule has 0 radical (unpaired) electrons. The first-order chi connectivity index (χ1) is 10.8. The number of fused-ring (bicyclic) bond motifs is 1. The van der Waals surface area contributed by atoms with Crippen LogP contribution in [-0.2, 0) is 18.0 Å². The molecule has 1 aromatic heterocycles. The first-order valence-electron chi connectivity index (χ1n) is 7.64. The van der Waals surface area contributed by atoms with Gasteiger partial charge in [-0.15, -0.1) is 0 Å². The standard InChI is InChI=1S/C16H18N4O2/c21-16(12-3-4-13-8-22-9-14(13)6-12)19-5-1-2-15(7-19)20-11-17-10-18-20/h3-4,6,10-11,15H,1-2,5,7-9H2/t15-/m1/s1. The van der Waals surface area contributed by atoms with Crippen molar-refractivity contribution in [3.8, 4) is 0 Å². The van der Waals surface area contributed by atoms with E-state index >= 15 is 0 Å². The van der Waals surface area contributed by atoms with Crippen LogP contribution >= 0.6 is 0 Å². The van der Waals surface area contributed by atoms with Crippen LogP contribution in [0.3, 0.4) is 0 Å². The average molecular weight is 298 g/mol. The molecule has 1 aromatic carbocycles. The predicted molar refractivity (Wildman–Crippen MR) is 79.1 cm³/mol. The number of benzene rings is 1. The van der Waals surface area contributed by atoms with Gasteiger partial charge >= 0.3 is 0 Å². The molecule has 1 amide bonds. The summed E-state index contributed by atoms with van der Waals surface area (Å²) in [6.07, 6.45) is 5.29. The highest BCUT2D eigenvalue weighted by Gasteiger charge is 2.26. The molecule has 1 fully saturated rings. The maximum Gasteiger partial charge on any atom is 0.253 e. The summed E-state index contributed by atoms with van der Waals surface area (Å²) in [4.78, 5) is 18.7. The molecule has 0 saturated carbocycles. The number of ether oxygens (including phenoxy) is 1. The zero-order valence-electron chi connectivity index (χ0n) is 12.3.